The first-order valence-corrected chi connectivity index (χ1v) is 11.0. The quantitative estimate of drug-likeness (QED) is 0.459. The predicted octanol–water partition coefficient (Wildman–Crippen LogP) is 5.54. The van der Waals surface area contributed by atoms with Gasteiger partial charge in [-0.15, -0.1) is 0 Å². The van der Waals surface area contributed by atoms with Gasteiger partial charge in [-0.2, -0.15) is 0 Å². The van der Waals surface area contributed by atoms with Crippen molar-refractivity contribution in [3.05, 3.63) is 87.4 Å². The van der Waals surface area contributed by atoms with E-state index in [1.165, 1.54) is 7.11 Å². The zero-order chi connectivity index (χ0) is 23.5. The van der Waals surface area contributed by atoms with Crippen molar-refractivity contribution in [3.8, 4) is 16.9 Å². The van der Waals surface area contributed by atoms with E-state index in [-0.39, 0.29) is 29.0 Å². The summed E-state index contributed by atoms with van der Waals surface area (Å²) >= 11 is 12.3. The third kappa shape index (κ3) is 4.77. The van der Waals surface area contributed by atoms with Crippen LogP contribution in [-0.2, 0) is 16.0 Å². The highest BCUT2D eigenvalue weighted by molar-refractivity contribution is 6.37. The van der Waals surface area contributed by atoms with Gasteiger partial charge in [0.05, 0.1) is 17.2 Å². The average molecular weight is 486 g/mol. The second-order valence-corrected chi connectivity index (χ2v) is 8.47. The lowest BCUT2D eigenvalue weighted by atomic mass is 9.98. The van der Waals surface area contributed by atoms with E-state index < -0.39 is 18.1 Å². The highest BCUT2D eigenvalue weighted by atomic mass is 35.5. The maximum atomic E-state index is 12.5. The van der Waals surface area contributed by atoms with Crippen LogP contribution < -0.4 is 10.1 Å². The molecular formula is C25H21Cl2NO5. The van der Waals surface area contributed by atoms with Gasteiger partial charge in [0.2, 0.25) is 0 Å². The topological polar surface area (TPSA) is 84.9 Å². The van der Waals surface area contributed by atoms with E-state index in [4.69, 9.17) is 32.7 Å². The largest absolute Gasteiger partial charge is 0.494 e. The summed E-state index contributed by atoms with van der Waals surface area (Å²) in [5.41, 5.74) is 4.90. The number of hydrogen-bond donors (Lipinski definition) is 2. The molecule has 0 fully saturated rings. The molecule has 0 aromatic heterocycles. The van der Waals surface area contributed by atoms with Crippen molar-refractivity contribution in [3.63, 3.8) is 0 Å². The summed E-state index contributed by atoms with van der Waals surface area (Å²) < 4.78 is 10.6. The molecule has 4 rings (SSSR count). The van der Waals surface area contributed by atoms with Crippen LogP contribution in [0.25, 0.3) is 11.1 Å². The molecule has 1 unspecified atom stereocenters. The van der Waals surface area contributed by atoms with Crippen molar-refractivity contribution in [1.82, 2.24) is 5.32 Å². The molecule has 1 aliphatic rings. The van der Waals surface area contributed by atoms with Crippen molar-refractivity contribution in [2.24, 2.45) is 0 Å². The molecule has 1 aliphatic carbocycles. The Morgan fingerprint density at radius 2 is 1.55 bits per heavy atom. The van der Waals surface area contributed by atoms with E-state index in [1.807, 2.05) is 48.5 Å². The molecule has 33 heavy (non-hydrogen) atoms. The molecular weight excluding hydrogens is 465 g/mol. The summed E-state index contributed by atoms with van der Waals surface area (Å²) in [5, 5.41) is 12.5. The molecule has 0 saturated carbocycles. The summed E-state index contributed by atoms with van der Waals surface area (Å²) in [6.45, 7) is 0.0897. The summed E-state index contributed by atoms with van der Waals surface area (Å²) in [5.74, 6) is -1.02. The number of carbonyl (C=O) groups is 2. The van der Waals surface area contributed by atoms with Crippen LogP contribution in [0.1, 0.15) is 22.6 Å². The number of amides is 1. The van der Waals surface area contributed by atoms with Gasteiger partial charge < -0.3 is 19.9 Å². The standard InChI is InChI=1S/C25H21Cl2NO5/c1-32-23-20(26)10-14(11-21(23)27)12-22(24(29)30)28-25(31)33-13-19-17-8-4-2-6-15(17)16-7-3-5-9-18(16)19/h2-11,19,22H,12-13H2,1H3,(H,28,31)(H,29,30). The molecule has 1 atom stereocenters. The lowest BCUT2D eigenvalue weighted by Gasteiger charge is -2.18. The van der Waals surface area contributed by atoms with Gasteiger partial charge in [-0.25, -0.2) is 9.59 Å². The molecule has 1 amide bonds. The molecule has 3 aromatic rings. The number of carboxylic acid groups (broad SMARTS) is 1. The number of aliphatic carboxylic acids is 1. The van der Waals surface area contributed by atoms with Crippen LogP contribution in [0.15, 0.2) is 60.7 Å². The molecule has 0 aliphatic heterocycles. The molecule has 6 nitrogen and oxygen atoms in total. The Morgan fingerprint density at radius 3 is 2.06 bits per heavy atom. The molecule has 0 saturated heterocycles. The number of carboxylic acids is 1. The first-order valence-electron chi connectivity index (χ1n) is 10.2. The van der Waals surface area contributed by atoms with Gasteiger partial charge in [0, 0.05) is 12.3 Å². The number of ether oxygens (including phenoxy) is 2. The van der Waals surface area contributed by atoms with Gasteiger partial charge in [0.25, 0.3) is 0 Å². The third-order valence-corrected chi connectivity index (χ3v) is 6.20. The minimum atomic E-state index is -1.22. The monoisotopic (exact) mass is 485 g/mol. The Balaban J connectivity index is 1.44. The highest BCUT2D eigenvalue weighted by Gasteiger charge is 2.30. The Bertz CT molecular complexity index is 1140. The number of fused-ring (bicyclic) bond motifs is 3. The fourth-order valence-electron chi connectivity index (χ4n) is 4.14. The highest BCUT2D eigenvalue weighted by Crippen LogP contribution is 2.44. The minimum Gasteiger partial charge on any atom is -0.494 e. The first kappa shape index (κ1) is 23.0. The molecule has 8 heteroatoms. The molecule has 2 N–H and O–H groups in total. The number of nitrogens with one attached hydrogen (secondary N) is 1. The zero-order valence-electron chi connectivity index (χ0n) is 17.7. The van der Waals surface area contributed by atoms with E-state index >= 15 is 0 Å². The summed E-state index contributed by atoms with van der Waals surface area (Å²) in [4.78, 5) is 24.3. The Labute approximate surface area is 201 Å². The fourth-order valence-corrected chi connectivity index (χ4v) is 4.83. The zero-order valence-corrected chi connectivity index (χ0v) is 19.2. The van der Waals surface area contributed by atoms with Gasteiger partial charge in [0.15, 0.2) is 5.75 Å². The van der Waals surface area contributed by atoms with Gasteiger partial charge in [0.1, 0.15) is 12.6 Å². The average Bonchev–Trinajstić information content (AvgIpc) is 3.11. The maximum absolute atomic E-state index is 12.5. The van der Waals surface area contributed by atoms with Crippen LogP contribution in [0, 0.1) is 0 Å². The van der Waals surface area contributed by atoms with E-state index in [0.29, 0.717) is 11.3 Å². The maximum Gasteiger partial charge on any atom is 0.407 e. The van der Waals surface area contributed by atoms with E-state index in [9.17, 15) is 14.7 Å². The van der Waals surface area contributed by atoms with E-state index in [1.54, 1.807) is 12.1 Å². The summed E-state index contributed by atoms with van der Waals surface area (Å²) in [6.07, 6.45) is -0.835. The fraction of sp³-hybridized carbons (Fsp3) is 0.200. The SMILES string of the molecule is COc1c(Cl)cc(CC(NC(=O)OCC2c3ccccc3-c3ccccc32)C(=O)O)cc1Cl. The number of carbonyl (C=O) groups excluding carboxylic acids is 1. The van der Waals surface area contributed by atoms with Crippen LogP contribution in [-0.4, -0.2) is 36.9 Å². The number of rotatable bonds is 7. The lowest BCUT2D eigenvalue weighted by Crippen LogP contribution is -2.42. The Kier molecular flexibility index (Phi) is 6.77. The normalized spacial score (nSPS) is 13.1. The second-order valence-electron chi connectivity index (χ2n) is 7.66. The summed E-state index contributed by atoms with van der Waals surface area (Å²) in [7, 11) is 1.44. The number of halogens is 2. The number of methoxy groups -OCH3 is 1. The molecule has 0 spiro atoms. The molecule has 0 heterocycles. The molecule has 170 valence electrons. The second kappa shape index (κ2) is 9.73. The lowest BCUT2D eigenvalue weighted by molar-refractivity contribution is -0.139. The van der Waals surface area contributed by atoms with E-state index in [2.05, 4.69) is 5.32 Å². The van der Waals surface area contributed by atoms with Crippen LogP contribution in [0.4, 0.5) is 4.79 Å². The minimum absolute atomic E-state index is 0.0248. The van der Waals surface area contributed by atoms with Crippen molar-refractivity contribution in [2.45, 2.75) is 18.4 Å². The predicted molar refractivity (Wildman–Crippen MR) is 126 cm³/mol. The number of hydrogen-bond acceptors (Lipinski definition) is 4. The van der Waals surface area contributed by atoms with Crippen molar-refractivity contribution >= 4 is 35.3 Å². The Hall–Kier alpha value is -3.22. The van der Waals surface area contributed by atoms with Crippen LogP contribution >= 0.6 is 23.2 Å². The summed E-state index contributed by atoms with van der Waals surface area (Å²) in [6, 6.07) is 17.8. The van der Waals surface area contributed by atoms with Crippen LogP contribution in [0.3, 0.4) is 0 Å². The molecule has 3 aromatic carbocycles. The van der Waals surface area contributed by atoms with Crippen molar-refractivity contribution < 1.29 is 24.2 Å². The Morgan fingerprint density at radius 1 is 1.00 bits per heavy atom. The van der Waals surface area contributed by atoms with Gasteiger partial charge in [-0.05, 0) is 39.9 Å². The molecule has 0 bridgehead atoms. The number of benzene rings is 3. The number of alkyl carbamates (subject to hydrolysis) is 1. The van der Waals surface area contributed by atoms with E-state index in [0.717, 1.165) is 22.3 Å². The molecule has 0 radical (unpaired) electrons. The van der Waals surface area contributed by atoms with Crippen molar-refractivity contribution in [2.75, 3.05) is 13.7 Å². The van der Waals surface area contributed by atoms with Gasteiger partial charge in [-0.3, -0.25) is 0 Å². The van der Waals surface area contributed by atoms with Crippen LogP contribution in [0.2, 0.25) is 10.0 Å². The van der Waals surface area contributed by atoms with Crippen LogP contribution in [0.5, 0.6) is 5.75 Å². The first-order chi connectivity index (χ1) is 15.9. The smallest absolute Gasteiger partial charge is 0.407 e. The third-order valence-electron chi connectivity index (χ3n) is 5.64. The van der Waals surface area contributed by atoms with Gasteiger partial charge in [-0.1, -0.05) is 71.7 Å². The van der Waals surface area contributed by atoms with Gasteiger partial charge >= 0.3 is 12.1 Å². The van der Waals surface area contributed by atoms with Crippen molar-refractivity contribution in [1.29, 1.82) is 0 Å².